The van der Waals surface area contributed by atoms with Crippen LogP contribution in [0.25, 0.3) is 0 Å². The van der Waals surface area contributed by atoms with E-state index in [1.165, 1.54) is 0 Å². The van der Waals surface area contributed by atoms with Gasteiger partial charge in [0.1, 0.15) is 11.6 Å². The molecule has 0 fully saturated rings. The molecule has 4 nitrogen and oxygen atoms in total. The zero-order chi connectivity index (χ0) is 14.5. The predicted octanol–water partition coefficient (Wildman–Crippen LogP) is 3.31. The molecule has 0 unspecified atom stereocenters. The molecule has 0 amide bonds. The molecule has 2 aromatic rings. The van der Waals surface area contributed by atoms with Crippen LogP contribution in [-0.2, 0) is 12.8 Å². The highest BCUT2D eigenvalue weighted by atomic mass is 127. The molecular formula is C15H19IN4. The van der Waals surface area contributed by atoms with Crippen LogP contribution in [0.4, 0.5) is 5.82 Å². The number of hydrogen-bond donors (Lipinski definition) is 1. The SMILES string of the molecule is CNc1nc(Cc2cccnc2)nc(CC(C)C)c1I. The molecule has 2 heterocycles. The Labute approximate surface area is 133 Å². The maximum Gasteiger partial charge on any atom is 0.143 e. The Kier molecular flexibility index (Phi) is 5.28. The van der Waals surface area contributed by atoms with Crippen molar-refractivity contribution in [1.82, 2.24) is 15.0 Å². The van der Waals surface area contributed by atoms with Gasteiger partial charge in [-0.05, 0) is 46.6 Å². The number of rotatable bonds is 5. The van der Waals surface area contributed by atoms with Crippen molar-refractivity contribution >= 4 is 28.4 Å². The summed E-state index contributed by atoms with van der Waals surface area (Å²) in [6.07, 6.45) is 5.32. The van der Waals surface area contributed by atoms with Gasteiger partial charge in [-0.25, -0.2) is 9.97 Å². The molecule has 0 bridgehead atoms. The lowest BCUT2D eigenvalue weighted by molar-refractivity contribution is 0.628. The fourth-order valence-corrected chi connectivity index (χ4v) is 2.73. The van der Waals surface area contributed by atoms with Gasteiger partial charge in [0.2, 0.25) is 0 Å². The van der Waals surface area contributed by atoms with Crippen LogP contribution in [0.1, 0.15) is 30.9 Å². The Morgan fingerprint density at radius 2 is 2.10 bits per heavy atom. The van der Waals surface area contributed by atoms with Gasteiger partial charge < -0.3 is 5.32 Å². The van der Waals surface area contributed by atoms with E-state index in [9.17, 15) is 0 Å². The number of aromatic nitrogens is 3. The van der Waals surface area contributed by atoms with E-state index in [2.05, 4.69) is 57.8 Å². The smallest absolute Gasteiger partial charge is 0.143 e. The van der Waals surface area contributed by atoms with Crippen molar-refractivity contribution in [3.63, 3.8) is 0 Å². The molecule has 0 saturated carbocycles. The molecule has 0 aromatic carbocycles. The molecule has 20 heavy (non-hydrogen) atoms. The highest BCUT2D eigenvalue weighted by molar-refractivity contribution is 14.1. The lowest BCUT2D eigenvalue weighted by atomic mass is 10.1. The van der Waals surface area contributed by atoms with Crippen molar-refractivity contribution in [2.75, 3.05) is 12.4 Å². The molecule has 0 radical (unpaired) electrons. The first kappa shape index (κ1) is 15.2. The van der Waals surface area contributed by atoms with Crippen LogP contribution in [0.15, 0.2) is 24.5 Å². The van der Waals surface area contributed by atoms with E-state index in [0.29, 0.717) is 12.3 Å². The van der Waals surface area contributed by atoms with Crippen molar-refractivity contribution in [2.24, 2.45) is 5.92 Å². The van der Waals surface area contributed by atoms with Crippen LogP contribution >= 0.6 is 22.6 Å². The molecular weight excluding hydrogens is 363 g/mol. The molecule has 106 valence electrons. The van der Waals surface area contributed by atoms with Crippen molar-refractivity contribution in [3.05, 3.63) is 45.2 Å². The molecule has 0 atom stereocenters. The molecule has 0 aliphatic rings. The van der Waals surface area contributed by atoms with Crippen LogP contribution in [0, 0.1) is 9.49 Å². The molecule has 5 heteroatoms. The van der Waals surface area contributed by atoms with Crippen LogP contribution < -0.4 is 5.32 Å². The number of nitrogens with one attached hydrogen (secondary N) is 1. The third kappa shape index (κ3) is 3.88. The lowest BCUT2D eigenvalue weighted by Crippen LogP contribution is -2.10. The van der Waals surface area contributed by atoms with Crippen LogP contribution in [0.5, 0.6) is 0 Å². The molecule has 1 N–H and O–H groups in total. The van der Waals surface area contributed by atoms with Gasteiger partial charge in [0, 0.05) is 25.9 Å². The van der Waals surface area contributed by atoms with Crippen LogP contribution in [0.3, 0.4) is 0 Å². The summed E-state index contributed by atoms with van der Waals surface area (Å²) < 4.78 is 1.12. The quantitative estimate of drug-likeness (QED) is 0.807. The summed E-state index contributed by atoms with van der Waals surface area (Å²) in [5, 5.41) is 3.16. The molecule has 0 saturated heterocycles. The van der Waals surface area contributed by atoms with E-state index in [-0.39, 0.29) is 0 Å². The van der Waals surface area contributed by atoms with E-state index < -0.39 is 0 Å². The first-order chi connectivity index (χ1) is 9.60. The number of nitrogens with zero attached hydrogens (tertiary/aromatic N) is 3. The molecule has 0 aliphatic heterocycles. The van der Waals surface area contributed by atoms with Gasteiger partial charge in [-0.2, -0.15) is 0 Å². The second-order valence-electron chi connectivity index (χ2n) is 5.14. The van der Waals surface area contributed by atoms with Crippen molar-refractivity contribution < 1.29 is 0 Å². The Morgan fingerprint density at radius 1 is 1.30 bits per heavy atom. The summed E-state index contributed by atoms with van der Waals surface area (Å²) in [4.78, 5) is 13.5. The van der Waals surface area contributed by atoms with Gasteiger partial charge in [-0.1, -0.05) is 19.9 Å². The van der Waals surface area contributed by atoms with Gasteiger partial charge in [0.15, 0.2) is 0 Å². The Morgan fingerprint density at radius 3 is 2.70 bits per heavy atom. The van der Waals surface area contributed by atoms with E-state index in [4.69, 9.17) is 4.98 Å². The topological polar surface area (TPSA) is 50.7 Å². The summed E-state index contributed by atoms with van der Waals surface area (Å²) in [7, 11) is 1.90. The summed E-state index contributed by atoms with van der Waals surface area (Å²) in [6.45, 7) is 4.41. The predicted molar refractivity (Wildman–Crippen MR) is 89.9 cm³/mol. The van der Waals surface area contributed by atoms with E-state index >= 15 is 0 Å². The standard InChI is InChI=1S/C15H19IN4/c1-10(2)7-12-14(16)15(17-3)20-13(19-12)8-11-5-4-6-18-9-11/h4-6,9-10H,7-8H2,1-3H3,(H,17,19,20). The Hall–Kier alpha value is -1.24. The monoisotopic (exact) mass is 382 g/mol. The number of hydrogen-bond acceptors (Lipinski definition) is 4. The Bertz CT molecular complexity index is 570. The second kappa shape index (κ2) is 6.97. The van der Waals surface area contributed by atoms with E-state index in [1.807, 2.05) is 19.3 Å². The van der Waals surface area contributed by atoms with Gasteiger partial charge in [0.05, 0.1) is 9.26 Å². The Balaban J connectivity index is 2.33. The highest BCUT2D eigenvalue weighted by Gasteiger charge is 2.13. The zero-order valence-electron chi connectivity index (χ0n) is 12.0. The minimum Gasteiger partial charge on any atom is -0.372 e. The van der Waals surface area contributed by atoms with Gasteiger partial charge >= 0.3 is 0 Å². The maximum absolute atomic E-state index is 4.73. The number of halogens is 1. The van der Waals surface area contributed by atoms with Crippen molar-refractivity contribution in [2.45, 2.75) is 26.7 Å². The maximum atomic E-state index is 4.73. The van der Waals surface area contributed by atoms with Gasteiger partial charge in [-0.15, -0.1) is 0 Å². The molecule has 2 rings (SSSR count). The summed E-state index contributed by atoms with van der Waals surface area (Å²) in [5.41, 5.74) is 2.25. The van der Waals surface area contributed by atoms with Crippen LogP contribution in [-0.4, -0.2) is 22.0 Å². The van der Waals surface area contributed by atoms with Crippen molar-refractivity contribution in [3.8, 4) is 0 Å². The largest absolute Gasteiger partial charge is 0.372 e. The van der Waals surface area contributed by atoms with E-state index in [1.54, 1.807) is 6.20 Å². The number of anilines is 1. The zero-order valence-corrected chi connectivity index (χ0v) is 14.2. The fourth-order valence-electron chi connectivity index (χ4n) is 2.00. The minimum atomic E-state index is 0.578. The normalized spacial score (nSPS) is 10.8. The fraction of sp³-hybridized carbons (Fsp3) is 0.400. The first-order valence-electron chi connectivity index (χ1n) is 6.72. The second-order valence-corrected chi connectivity index (χ2v) is 6.21. The van der Waals surface area contributed by atoms with Crippen LogP contribution in [0.2, 0.25) is 0 Å². The highest BCUT2D eigenvalue weighted by Crippen LogP contribution is 2.22. The third-order valence-electron chi connectivity index (χ3n) is 2.89. The lowest BCUT2D eigenvalue weighted by Gasteiger charge is -2.12. The molecule has 0 aliphatic carbocycles. The van der Waals surface area contributed by atoms with Gasteiger partial charge in [0.25, 0.3) is 0 Å². The van der Waals surface area contributed by atoms with E-state index in [0.717, 1.165) is 32.9 Å². The molecule has 0 spiro atoms. The van der Waals surface area contributed by atoms with Gasteiger partial charge in [-0.3, -0.25) is 4.98 Å². The molecule has 2 aromatic heterocycles. The summed E-state index contributed by atoms with van der Waals surface area (Å²) in [5.74, 6) is 2.34. The third-order valence-corrected chi connectivity index (χ3v) is 4.02. The average molecular weight is 382 g/mol. The van der Waals surface area contributed by atoms with Crippen molar-refractivity contribution in [1.29, 1.82) is 0 Å². The minimum absolute atomic E-state index is 0.578. The average Bonchev–Trinajstić information content (AvgIpc) is 2.43. The number of pyridine rings is 1. The first-order valence-corrected chi connectivity index (χ1v) is 7.80. The summed E-state index contributed by atoms with van der Waals surface area (Å²) >= 11 is 2.32. The summed E-state index contributed by atoms with van der Waals surface area (Å²) in [6, 6.07) is 3.99.